The van der Waals surface area contributed by atoms with Crippen LogP contribution < -0.4 is 4.74 Å². The maximum Gasteiger partial charge on any atom is 0.246 e. The van der Waals surface area contributed by atoms with Gasteiger partial charge in [0.2, 0.25) is 5.91 Å². The van der Waals surface area contributed by atoms with E-state index < -0.39 is 5.82 Å². The Hall–Kier alpha value is -4.00. The summed E-state index contributed by atoms with van der Waals surface area (Å²) >= 11 is 0. The van der Waals surface area contributed by atoms with Gasteiger partial charge in [-0.1, -0.05) is 24.8 Å². The van der Waals surface area contributed by atoms with Gasteiger partial charge in [0, 0.05) is 23.7 Å². The van der Waals surface area contributed by atoms with Crippen molar-refractivity contribution < 1.29 is 13.9 Å². The molecule has 1 amide bonds. The summed E-state index contributed by atoms with van der Waals surface area (Å²) < 4.78 is 22.4. The highest BCUT2D eigenvalue weighted by molar-refractivity contribution is 5.93. The summed E-state index contributed by atoms with van der Waals surface area (Å²) in [7, 11) is 0. The topological polar surface area (TPSA) is 60.2 Å². The molecule has 166 valence electrons. The van der Waals surface area contributed by atoms with Gasteiger partial charge >= 0.3 is 0 Å². The van der Waals surface area contributed by atoms with Gasteiger partial charge in [-0.05, 0) is 55.3 Å². The molecule has 0 unspecified atom stereocenters. The predicted molar refractivity (Wildman–Crippen MR) is 124 cm³/mol. The average Bonchev–Trinajstić information content (AvgIpc) is 3.46. The van der Waals surface area contributed by atoms with Gasteiger partial charge in [0.25, 0.3) is 0 Å². The fourth-order valence-corrected chi connectivity index (χ4v) is 4.37. The van der Waals surface area contributed by atoms with Gasteiger partial charge in [0.15, 0.2) is 5.82 Å². The molecule has 0 radical (unpaired) electrons. The second-order valence-corrected chi connectivity index (χ2v) is 8.02. The molecule has 0 bridgehead atoms. The first kappa shape index (κ1) is 20.9. The molecule has 1 atom stereocenters. The smallest absolute Gasteiger partial charge is 0.246 e. The van der Waals surface area contributed by atoms with Crippen LogP contribution in [0.1, 0.15) is 12.8 Å². The SMILES string of the molecule is C=CC(=O)N1CCC[C@@H]1Cn1nc(-c2ccc(Oc3ccccc3)cc2)c2cncc(F)c21. The number of carbonyl (C=O) groups is 1. The summed E-state index contributed by atoms with van der Waals surface area (Å²) in [4.78, 5) is 18.0. The molecule has 2 aromatic heterocycles. The zero-order chi connectivity index (χ0) is 22.8. The second-order valence-electron chi connectivity index (χ2n) is 8.02. The van der Waals surface area contributed by atoms with Crippen LogP contribution in [0.2, 0.25) is 0 Å². The molecule has 3 heterocycles. The number of para-hydroxylation sites is 1. The number of rotatable bonds is 6. The summed E-state index contributed by atoms with van der Waals surface area (Å²) in [6, 6.07) is 17.0. The maximum atomic E-state index is 14.8. The lowest BCUT2D eigenvalue weighted by molar-refractivity contribution is -0.127. The molecule has 5 rings (SSSR count). The fraction of sp³-hybridized carbons (Fsp3) is 0.192. The van der Waals surface area contributed by atoms with Gasteiger partial charge in [-0.3, -0.25) is 14.5 Å². The number of amides is 1. The molecule has 1 aliphatic rings. The third kappa shape index (κ3) is 4.09. The summed E-state index contributed by atoms with van der Waals surface area (Å²) in [5.74, 6) is 0.907. The van der Waals surface area contributed by atoms with E-state index in [0.717, 1.165) is 24.2 Å². The summed E-state index contributed by atoms with van der Waals surface area (Å²) in [5.41, 5.74) is 1.86. The van der Waals surface area contributed by atoms with E-state index in [2.05, 4.69) is 11.6 Å². The molecule has 33 heavy (non-hydrogen) atoms. The third-order valence-corrected chi connectivity index (χ3v) is 5.93. The number of pyridine rings is 1. The van der Waals surface area contributed by atoms with Crippen LogP contribution >= 0.6 is 0 Å². The van der Waals surface area contributed by atoms with E-state index >= 15 is 0 Å². The van der Waals surface area contributed by atoms with E-state index in [4.69, 9.17) is 9.84 Å². The van der Waals surface area contributed by atoms with Gasteiger partial charge in [-0.2, -0.15) is 5.10 Å². The molecule has 0 N–H and O–H groups in total. The van der Waals surface area contributed by atoms with Crippen molar-refractivity contribution in [2.45, 2.75) is 25.4 Å². The molecule has 6 nitrogen and oxygen atoms in total. The number of likely N-dealkylation sites (tertiary alicyclic amines) is 1. The van der Waals surface area contributed by atoms with E-state index in [0.29, 0.717) is 35.4 Å². The zero-order valence-corrected chi connectivity index (χ0v) is 18.0. The van der Waals surface area contributed by atoms with Gasteiger partial charge in [0.05, 0.1) is 18.8 Å². The lowest BCUT2D eigenvalue weighted by atomic mass is 10.1. The number of ether oxygens (including phenoxy) is 1. The van der Waals surface area contributed by atoms with E-state index in [-0.39, 0.29) is 11.9 Å². The van der Waals surface area contributed by atoms with Crippen LogP contribution in [0, 0.1) is 5.82 Å². The Morgan fingerprint density at radius 2 is 1.88 bits per heavy atom. The molecule has 0 aliphatic carbocycles. The lowest BCUT2D eigenvalue weighted by Crippen LogP contribution is -2.37. The highest BCUT2D eigenvalue weighted by Gasteiger charge is 2.29. The van der Waals surface area contributed by atoms with Crippen LogP contribution in [0.5, 0.6) is 11.5 Å². The van der Waals surface area contributed by atoms with Crippen LogP contribution in [0.25, 0.3) is 22.2 Å². The van der Waals surface area contributed by atoms with Crippen molar-refractivity contribution >= 4 is 16.8 Å². The Kier molecular flexibility index (Phi) is 5.60. The minimum atomic E-state index is -0.435. The Morgan fingerprint density at radius 1 is 1.12 bits per heavy atom. The monoisotopic (exact) mass is 442 g/mol. The summed E-state index contributed by atoms with van der Waals surface area (Å²) in [6.07, 6.45) is 5.90. The zero-order valence-electron chi connectivity index (χ0n) is 18.0. The number of benzene rings is 2. The molecular weight excluding hydrogens is 419 g/mol. The fourth-order valence-electron chi connectivity index (χ4n) is 4.37. The molecule has 1 saturated heterocycles. The van der Waals surface area contributed by atoms with Crippen LogP contribution in [0.3, 0.4) is 0 Å². The third-order valence-electron chi connectivity index (χ3n) is 5.93. The molecule has 7 heteroatoms. The Bertz CT molecular complexity index is 1300. The molecule has 1 fully saturated rings. The van der Waals surface area contributed by atoms with Crippen molar-refractivity contribution in [3.8, 4) is 22.8 Å². The first-order chi connectivity index (χ1) is 16.1. The number of hydrogen-bond acceptors (Lipinski definition) is 4. The van der Waals surface area contributed by atoms with Crippen LogP contribution in [0.15, 0.2) is 79.6 Å². The maximum absolute atomic E-state index is 14.8. The molecule has 4 aromatic rings. The number of nitrogens with zero attached hydrogens (tertiary/aromatic N) is 4. The van der Waals surface area contributed by atoms with E-state index in [9.17, 15) is 9.18 Å². The van der Waals surface area contributed by atoms with Crippen LogP contribution in [0.4, 0.5) is 4.39 Å². The lowest BCUT2D eigenvalue weighted by Gasteiger charge is -2.23. The quantitative estimate of drug-likeness (QED) is 0.385. The summed E-state index contributed by atoms with van der Waals surface area (Å²) in [5, 5.41) is 5.38. The molecule has 2 aromatic carbocycles. The van der Waals surface area contributed by atoms with E-state index in [1.54, 1.807) is 15.8 Å². The Labute approximate surface area is 190 Å². The van der Waals surface area contributed by atoms with Crippen molar-refractivity contribution in [2.24, 2.45) is 0 Å². The minimum absolute atomic E-state index is 0.0549. The number of fused-ring (bicyclic) bond motifs is 1. The largest absolute Gasteiger partial charge is 0.457 e. The Balaban J connectivity index is 1.47. The van der Waals surface area contributed by atoms with Gasteiger partial charge < -0.3 is 9.64 Å². The average molecular weight is 442 g/mol. The van der Waals surface area contributed by atoms with Gasteiger partial charge in [-0.15, -0.1) is 0 Å². The van der Waals surface area contributed by atoms with Crippen molar-refractivity contribution in [2.75, 3.05) is 6.54 Å². The molecular formula is C26H23FN4O2. The number of aromatic nitrogens is 3. The normalized spacial score (nSPS) is 15.7. The Morgan fingerprint density at radius 3 is 2.64 bits per heavy atom. The highest BCUT2D eigenvalue weighted by atomic mass is 19.1. The standard InChI is InChI=1S/C26H23FN4O2/c1-2-24(32)30-14-6-7-19(30)17-31-26-22(15-28-16-23(26)27)25(29-31)18-10-12-21(13-11-18)33-20-8-4-3-5-9-20/h2-5,8-13,15-16,19H,1,6-7,14,17H2/t19-/m1/s1. The van der Waals surface area contributed by atoms with E-state index in [1.807, 2.05) is 54.6 Å². The summed E-state index contributed by atoms with van der Waals surface area (Å²) in [6.45, 7) is 4.68. The number of carbonyl (C=O) groups excluding carboxylic acids is 1. The van der Waals surface area contributed by atoms with E-state index in [1.165, 1.54) is 12.3 Å². The molecule has 1 aliphatic heterocycles. The van der Waals surface area contributed by atoms with Gasteiger partial charge in [0.1, 0.15) is 22.7 Å². The van der Waals surface area contributed by atoms with Gasteiger partial charge in [-0.25, -0.2) is 4.39 Å². The first-order valence-corrected chi connectivity index (χ1v) is 10.9. The van der Waals surface area contributed by atoms with Crippen molar-refractivity contribution in [1.82, 2.24) is 19.7 Å². The van der Waals surface area contributed by atoms with Crippen molar-refractivity contribution in [1.29, 1.82) is 0 Å². The molecule has 0 saturated carbocycles. The van der Waals surface area contributed by atoms with Crippen LogP contribution in [-0.2, 0) is 11.3 Å². The molecule has 0 spiro atoms. The first-order valence-electron chi connectivity index (χ1n) is 10.9. The van der Waals surface area contributed by atoms with Crippen molar-refractivity contribution in [3.05, 3.63) is 85.5 Å². The highest BCUT2D eigenvalue weighted by Crippen LogP contribution is 2.32. The van der Waals surface area contributed by atoms with Crippen molar-refractivity contribution in [3.63, 3.8) is 0 Å². The van der Waals surface area contributed by atoms with Crippen LogP contribution in [-0.4, -0.2) is 38.2 Å². The second kappa shape index (κ2) is 8.86. The minimum Gasteiger partial charge on any atom is -0.457 e. The predicted octanol–water partition coefficient (Wildman–Crippen LogP) is 5.21. The number of hydrogen-bond donors (Lipinski definition) is 0. The number of halogens is 1.